The number of thioether (sulfide) groups is 1. The van der Waals surface area contributed by atoms with E-state index in [0.717, 1.165) is 68.6 Å². The molecular weight excluding hydrogens is 681 g/mol. The Morgan fingerprint density at radius 3 is 2.38 bits per heavy atom. The third-order valence-electron chi connectivity index (χ3n) is 11.6. The molecule has 3 unspecified atom stereocenters. The molecule has 9 nitrogen and oxygen atoms in total. The van der Waals surface area contributed by atoms with Crippen molar-refractivity contribution < 1.29 is 14.4 Å². The average Bonchev–Trinajstić information content (AvgIpc) is 3.69. The second-order valence-corrected chi connectivity index (χ2v) is 17.8. The van der Waals surface area contributed by atoms with Gasteiger partial charge in [0.15, 0.2) is 0 Å². The summed E-state index contributed by atoms with van der Waals surface area (Å²) in [5, 5.41) is 2.51. The lowest BCUT2D eigenvalue weighted by atomic mass is 9.92. The van der Waals surface area contributed by atoms with Gasteiger partial charge in [-0.05, 0) is 60.8 Å². The summed E-state index contributed by atoms with van der Waals surface area (Å²) in [5.74, 6) is 0.106. The van der Waals surface area contributed by atoms with Crippen molar-refractivity contribution in [2.45, 2.75) is 88.5 Å². The number of hydrogen-bond donors (Lipinski definition) is 1. The number of urea groups is 1. The van der Waals surface area contributed by atoms with Crippen molar-refractivity contribution in [3.8, 4) is 0 Å². The number of likely N-dealkylation sites (N-methyl/N-ethyl adjacent to an activating group) is 1. The second kappa shape index (κ2) is 16.1. The van der Waals surface area contributed by atoms with Crippen molar-refractivity contribution >= 4 is 41.0 Å². The van der Waals surface area contributed by atoms with Crippen LogP contribution in [0.25, 0.3) is 0 Å². The van der Waals surface area contributed by atoms with Gasteiger partial charge in [0.1, 0.15) is 5.37 Å². The largest absolute Gasteiger partial charge is 0.370 e. The zero-order valence-electron chi connectivity index (χ0n) is 31.9. The molecule has 4 aliphatic heterocycles. The molecular formula is C43H56N6O3S. The summed E-state index contributed by atoms with van der Waals surface area (Å²) in [7, 11) is 2.20. The van der Waals surface area contributed by atoms with Gasteiger partial charge in [-0.1, -0.05) is 87.5 Å². The average molecular weight is 737 g/mol. The summed E-state index contributed by atoms with van der Waals surface area (Å²) in [6, 6.07) is 27.7. The van der Waals surface area contributed by atoms with Crippen LogP contribution in [0.15, 0.2) is 78.9 Å². The van der Waals surface area contributed by atoms with E-state index in [1.807, 2.05) is 28.0 Å². The second-order valence-electron chi connectivity index (χ2n) is 16.5. The number of nitrogens with zero attached hydrogens (tertiary/aromatic N) is 5. The Labute approximate surface area is 320 Å². The zero-order valence-corrected chi connectivity index (χ0v) is 32.7. The smallest absolute Gasteiger partial charge is 0.322 e. The number of rotatable bonds is 10. The van der Waals surface area contributed by atoms with E-state index in [1.54, 1.807) is 11.8 Å². The molecule has 0 aromatic heterocycles. The highest BCUT2D eigenvalue weighted by Crippen LogP contribution is 2.48. The molecule has 7 rings (SSSR count). The molecule has 3 saturated heterocycles. The fourth-order valence-corrected chi connectivity index (χ4v) is 9.93. The van der Waals surface area contributed by atoms with Crippen LogP contribution in [0.2, 0.25) is 0 Å². The van der Waals surface area contributed by atoms with E-state index in [-0.39, 0.29) is 41.1 Å². The minimum Gasteiger partial charge on any atom is -0.370 e. The van der Waals surface area contributed by atoms with Crippen LogP contribution in [0.3, 0.4) is 0 Å². The van der Waals surface area contributed by atoms with Gasteiger partial charge in [-0.2, -0.15) is 0 Å². The normalized spacial score (nSPS) is 22.9. The molecule has 4 heterocycles. The molecule has 0 aliphatic carbocycles. The number of benzene rings is 3. The maximum atomic E-state index is 14.3. The van der Waals surface area contributed by atoms with E-state index in [4.69, 9.17) is 0 Å². The number of nitrogens with one attached hydrogen (secondary N) is 1. The van der Waals surface area contributed by atoms with Crippen molar-refractivity contribution in [1.82, 2.24) is 19.6 Å². The molecule has 3 atom stereocenters. The van der Waals surface area contributed by atoms with Crippen LogP contribution in [0.5, 0.6) is 0 Å². The Morgan fingerprint density at radius 1 is 0.887 bits per heavy atom. The Morgan fingerprint density at radius 2 is 1.60 bits per heavy atom. The van der Waals surface area contributed by atoms with E-state index in [1.165, 1.54) is 11.3 Å². The first-order chi connectivity index (χ1) is 25.5. The Balaban J connectivity index is 1.01. The van der Waals surface area contributed by atoms with Gasteiger partial charge in [-0.25, -0.2) is 4.79 Å². The first-order valence-corrected chi connectivity index (χ1v) is 20.5. The predicted octanol–water partition coefficient (Wildman–Crippen LogP) is 7.25. The topological polar surface area (TPSA) is 79.4 Å². The molecule has 10 heteroatoms. The summed E-state index contributed by atoms with van der Waals surface area (Å²) in [5.41, 5.74) is 5.77. The Kier molecular flexibility index (Phi) is 11.4. The van der Waals surface area contributed by atoms with E-state index < -0.39 is 5.25 Å². The molecule has 53 heavy (non-hydrogen) atoms. The Bertz CT molecular complexity index is 1760. The van der Waals surface area contributed by atoms with Gasteiger partial charge in [0.2, 0.25) is 11.8 Å². The standard InChI is InChI=1S/C43H56N6O3S/c1-43(2,3)22-27-49-40(51)38(28-39(50)47-24-20-33(21-25-47)48-26-18-32-14-8-10-16-36(32)44-42(48)52)53-41(49)35-15-9-11-17-37(35)45(4)34-19-23-46(30-34)29-31-12-6-5-7-13-31/h5-17,33-34,38,41H,18-30H2,1-4H3,(H,44,52). The van der Waals surface area contributed by atoms with Gasteiger partial charge < -0.3 is 24.9 Å². The third kappa shape index (κ3) is 8.70. The van der Waals surface area contributed by atoms with Crippen molar-refractivity contribution in [2.24, 2.45) is 5.41 Å². The number of anilines is 2. The van der Waals surface area contributed by atoms with Crippen LogP contribution < -0.4 is 10.2 Å². The van der Waals surface area contributed by atoms with Crippen molar-refractivity contribution in [3.63, 3.8) is 0 Å². The number of amides is 4. The maximum Gasteiger partial charge on any atom is 0.322 e. The summed E-state index contributed by atoms with van der Waals surface area (Å²) in [6.45, 7) is 12.2. The van der Waals surface area contributed by atoms with Gasteiger partial charge in [0.05, 0.1) is 5.25 Å². The molecule has 282 valence electrons. The third-order valence-corrected chi connectivity index (χ3v) is 13.1. The molecule has 0 saturated carbocycles. The minimum atomic E-state index is -0.425. The quantitative estimate of drug-likeness (QED) is 0.237. The molecule has 4 amide bonds. The molecule has 3 aromatic carbocycles. The van der Waals surface area contributed by atoms with Crippen molar-refractivity contribution in [2.75, 3.05) is 56.5 Å². The van der Waals surface area contributed by atoms with E-state index in [0.29, 0.717) is 32.2 Å². The lowest BCUT2D eigenvalue weighted by Crippen LogP contribution is -2.50. The van der Waals surface area contributed by atoms with E-state index in [2.05, 4.69) is 108 Å². The fraction of sp³-hybridized carbons (Fsp3) is 0.512. The van der Waals surface area contributed by atoms with Crippen LogP contribution >= 0.6 is 11.8 Å². The van der Waals surface area contributed by atoms with Crippen LogP contribution in [-0.2, 0) is 22.6 Å². The highest BCUT2D eigenvalue weighted by Gasteiger charge is 2.44. The van der Waals surface area contributed by atoms with Crippen LogP contribution in [0.4, 0.5) is 16.2 Å². The molecule has 4 aliphatic rings. The molecule has 1 N–H and O–H groups in total. The highest BCUT2D eigenvalue weighted by atomic mass is 32.2. The van der Waals surface area contributed by atoms with Crippen molar-refractivity contribution in [1.29, 1.82) is 0 Å². The summed E-state index contributed by atoms with van der Waals surface area (Å²) in [6.07, 6.45) is 4.47. The number of carbonyl (C=O) groups excluding carboxylic acids is 3. The van der Waals surface area contributed by atoms with Gasteiger partial charge >= 0.3 is 6.03 Å². The van der Waals surface area contributed by atoms with Crippen LogP contribution in [0, 0.1) is 5.41 Å². The van der Waals surface area contributed by atoms with Gasteiger partial charge in [-0.15, -0.1) is 11.8 Å². The van der Waals surface area contributed by atoms with Gasteiger partial charge in [-0.3, -0.25) is 14.5 Å². The van der Waals surface area contributed by atoms with E-state index >= 15 is 0 Å². The highest BCUT2D eigenvalue weighted by molar-refractivity contribution is 8.01. The lowest BCUT2D eigenvalue weighted by molar-refractivity contribution is -0.137. The number of likely N-dealkylation sites (tertiary alicyclic amines) is 2. The predicted molar refractivity (Wildman–Crippen MR) is 215 cm³/mol. The van der Waals surface area contributed by atoms with Crippen molar-refractivity contribution in [3.05, 3.63) is 95.6 Å². The maximum absolute atomic E-state index is 14.3. The van der Waals surface area contributed by atoms with Crippen LogP contribution in [0.1, 0.15) is 74.9 Å². The van der Waals surface area contributed by atoms with Crippen LogP contribution in [-0.4, -0.2) is 101 Å². The first kappa shape index (κ1) is 37.3. The molecule has 3 aromatic rings. The summed E-state index contributed by atoms with van der Waals surface area (Å²) >= 11 is 1.65. The Hall–Kier alpha value is -4.02. The summed E-state index contributed by atoms with van der Waals surface area (Å²) in [4.78, 5) is 52.2. The van der Waals surface area contributed by atoms with E-state index in [9.17, 15) is 14.4 Å². The monoisotopic (exact) mass is 736 g/mol. The number of para-hydroxylation sites is 2. The molecule has 0 bridgehead atoms. The molecule has 0 radical (unpaired) electrons. The van der Waals surface area contributed by atoms with Gasteiger partial charge in [0.25, 0.3) is 0 Å². The molecule has 3 fully saturated rings. The number of carbonyl (C=O) groups is 3. The fourth-order valence-electron chi connectivity index (χ4n) is 8.43. The number of piperidine rings is 1. The zero-order chi connectivity index (χ0) is 37.1. The van der Waals surface area contributed by atoms with Gasteiger partial charge in [0, 0.05) is 88.3 Å². The summed E-state index contributed by atoms with van der Waals surface area (Å²) < 4.78 is 0. The number of fused-ring (bicyclic) bond motifs is 1. The minimum absolute atomic E-state index is 0.0355. The first-order valence-electron chi connectivity index (χ1n) is 19.5. The number of hydrogen-bond acceptors (Lipinski definition) is 6. The lowest BCUT2D eigenvalue weighted by Gasteiger charge is -2.38. The molecule has 0 spiro atoms. The SMILES string of the molecule is CN(c1ccccc1C1SC(CC(=O)N2CCC(N3CCc4ccccc4NC3=O)CC2)C(=O)N1CCC(C)(C)C)C1CCN(Cc2ccccc2)C1.